The van der Waals surface area contributed by atoms with Crippen molar-refractivity contribution in [3.63, 3.8) is 0 Å². The third kappa shape index (κ3) is 7.09. The highest BCUT2D eigenvalue weighted by Crippen LogP contribution is 2.20. The van der Waals surface area contributed by atoms with Crippen LogP contribution in [0.4, 0.5) is 5.69 Å². The summed E-state index contributed by atoms with van der Waals surface area (Å²) >= 11 is 0. The van der Waals surface area contributed by atoms with Crippen molar-refractivity contribution in [2.24, 2.45) is 0 Å². The first-order valence-corrected chi connectivity index (χ1v) is 12.5. The lowest BCUT2D eigenvalue weighted by Crippen LogP contribution is -2.46. The number of carbonyl (C=O) groups excluding carboxylic acids is 2. The average molecular weight is 460 g/mol. The molecule has 0 aliphatic carbocycles. The van der Waals surface area contributed by atoms with E-state index in [1.165, 1.54) is 4.31 Å². The Hall–Kier alpha value is -2.87. The molecule has 2 aromatic rings. The number of aryl methyl sites for hydroxylation is 2. The van der Waals surface area contributed by atoms with Crippen molar-refractivity contribution in [1.29, 1.82) is 0 Å². The van der Waals surface area contributed by atoms with Gasteiger partial charge in [-0.15, -0.1) is 0 Å². The molecule has 2 aromatic carbocycles. The molecular weight excluding hydrogens is 426 g/mol. The molecule has 32 heavy (non-hydrogen) atoms. The first kappa shape index (κ1) is 25.4. The molecule has 2 rings (SSSR count). The maximum absolute atomic E-state index is 13.1. The number of amides is 2. The molecule has 174 valence electrons. The summed E-state index contributed by atoms with van der Waals surface area (Å²) in [6, 6.07) is 14.4. The summed E-state index contributed by atoms with van der Waals surface area (Å²) in [6.45, 7) is 6.09. The fourth-order valence-electron chi connectivity index (χ4n) is 3.51. The van der Waals surface area contributed by atoms with Crippen LogP contribution in [0, 0.1) is 13.8 Å². The second-order valence-corrected chi connectivity index (χ2v) is 9.98. The van der Waals surface area contributed by atoms with Gasteiger partial charge in [0, 0.05) is 26.6 Å². The van der Waals surface area contributed by atoms with Gasteiger partial charge in [-0.3, -0.25) is 13.9 Å². The second kappa shape index (κ2) is 11.1. The van der Waals surface area contributed by atoms with Crippen LogP contribution in [0.25, 0.3) is 0 Å². The van der Waals surface area contributed by atoms with Gasteiger partial charge >= 0.3 is 0 Å². The summed E-state index contributed by atoms with van der Waals surface area (Å²) in [5.41, 5.74) is 3.61. The molecule has 0 spiro atoms. The van der Waals surface area contributed by atoms with Crippen LogP contribution in [0.3, 0.4) is 0 Å². The van der Waals surface area contributed by atoms with E-state index in [-0.39, 0.29) is 24.8 Å². The molecule has 0 fully saturated rings. The highest BCUT2D eigenvalue weighted by atomic mass is 32.2. The van der Waals surface area contributed by atoms with Crippen molar-refractivity contribution in [2.75, 3.05) is 24.2 Å². The van der Waals surface area contributed by atoms with Gasteiger partial charge in [0.25, 0.3) is 0 Å². The molecule has 0 saturated carbocycles. The van der Waals surface area contributed by atoms with Crippen LogP contribution in [0.5, 0.6) is 0 Å². The lowest BCUT2D eigenvalue weighted by molar-refractivity contribution is -0.140. The molecule has 0 aromatic heterocycles. The Morgan fingerprint density at radius 3 is 2.25 bits per heavy atom. The molecule has 1 N–H and O–H groups in total. The largest absolute Gasteiger partial charge is 0.357 e. The van der Waals surface area contributed by atoms with E-state index in [1.807, 2.05) is 50.2 Å². The molecule has 0 saturated heterocycles. The number of hydrogen-bond donors (Lipinski definition) is 1. The van der Waals surface area contributed by atoms with Gasteiger partial charge in [-0.1, -0.05) is 47.5 Å². The average Bonchev–Trinajstić information content (AvgIpc) is 2.74. The summed E-state index contributed by atoms with van der Waals surface area (Å²) in [7, 11) is -1.95. The molecule has 0 aliphatic heterocycles. The minimum absolute atomic E-state index is 0.130. The van der Waals surface area contributed by atoms with Gasteiger partial charge in [0.2, 0.25) is 21.8 Å². The Morgan fingerprint density at radius 1 is 1.03 bits per heavy atom. The molecular formula is C24H33N3O4S. The molecule has 1 atom stereocenters. The number of nitrogens with one attached hydrogen (secondary N) is 1. The molecule has 1 unspecified atom stereocenters. The topological polar surface area (TPSA) is 86.8 Å². The van der Waals surface area contributed by atoms with Crippen molar-refractivity contribution in [2.45, 2.75) is 46.2 Å². The Balaban J connectivity index is 2.13. The van der Waals surface area contributed by atoms with Crippen LogP contribution < -0.4 is 9.62 Å². The Labute approximate surface area is 191 Å². The molecule has 0 radical (unpaired) electrons. The number of rotatable bonds is 10. The van der Waals surface area contributed by atoms with Crippen LogP contribution in [0.2, 0.25) is 0 Å². The van der Waals surface area contributed by atoms with Gasteiger partial charge < -0.3 is 10.2 Å². The number of benzene rings is 2. The van der Waals surface area contributed by atoms with Gasteiger partial charge in [0.15, 0.2) is 0 Å². The van der Waals surface area contributed by atoms with E-state index < -0.39 is 16.1 Å². The zero-order valence-electron chi connectivity index (χ0n) is 19.5. The van der Waals surface area contributed by atoms with Gasteiger partial charge in [-0.25, -0.2) is 8.42 Å². The fraction of sp³-hybridized carbons (Fsp3) is 0.417. The van der Waals surface area contributed by atoms with Crippen molar-refractivity contribution < 1.29 is 18.0 Å². The summed E-state index contributed by atoms with van der Waals surface area (Å²) in [6.07, 6.45) is 1.63. The van der Waals surface area contributed by atoms with E-state index in [0.29, 0.717) is 18.7 Å². The fourth-order valence-corrected chi connectivity index (χ4v) is 4.48. The Morgan fingerprint density at radius 2 is 1.69 bits per heavy atom. The molecule has 0 bridgehead atoms. The standard InChI is InChI=1S/C24H33N3O4S/c1-18-11-13-22(14-12-18)27(32(5,30)31)15-7-10-23(28)26(20(3)24(29)25-4)17-21-9-6-8-19(2)16-21/h6,8-9,11-14,16,20H,7,10,15,17H2,1-5H3,(H,25,29). The highest BCUT2D eigenvalue weighted by molar-refractivity contribution is 7.92. The number of sulfonamides is 1. The predicted octanol–water partition coefficient (Wildman–Crippen LogP) is 3.01. The molecule has 7 nitrogen and oxygen atoms in total. The van der Waals surface area contributed by atoms with Gasteiger partial charge in [-0.2, -0.15) is 0 Å². The van der Waals surface area contributed by atoms with Crippen LogP contribution in [0.1, 0.15) is 36.5 Å². The van der Waals surface area contributed by atoms with E-state index in [4.69, 9.17) is 0 Å². The highest BCUT2D eigenvalue weighted by Gasteiger charge is 2.26. The smallest absolute Gasteiger partial charge is 0.242 e. The van der Waals surface area contributed by atoms with Crippen molar-refractivity contribution in [3.05, 3.63) is 65.2 Å². The van der Waals surface area contributed by atoms with Crippen LogP contribution >= 0.6 is 0 Å². The monoisotopic (exact) mass is 459 g/mol. The second-order valence-electron chi connectivity index (χ2n) is 8.08. The lowest BCUT2D eigenvalue weighted by atomic mass is 10.1. The number of hydrogen-bond acceptors (Lipinski definition) is 4. The van der Waals surface area contributed by atoms with Gasteiger partial charge in [-0.05, 0) is 44.9 Å². The van der Waals surface area contributed by atoms with Gasteiger partial charge in [0.1, 0.15) is 6.04 Å². The number of carbonyl (C=O) groups is 2. The van der Waals surface area contributed by atoms with Gasteiger partial charge in [0.05, 0.1) is 11.9 Å². The Bertz CT molecular complexity index is 1040. The van der Waals surface area contributed by atoms with Crippen LogP contribution in [-0.2, 0) is 26.2 Å². The third-order valence-electron chi connectivity index (χ3n) is 5.32. The molecule has 0 aliphatic rings. The number of nitrogens with zero attached hydrogens (tertiary/aromatic N) is 2. The summed E-state index contributed by atoms with van der Waals surface area (Å²) in [5, 5.41) is 2.60. The lowest BCUT2D eigenvalue weighted by Gasteiger charge is -2.29. The number of anilines is 1. The molecule has 8 heteroatoms. The van der Waals surface area contributed by atoms with E-state index in [2.05, 4.69) is 5.32 Å². The summed E-state index contributed by atoms with van der Waals surface area (Å²) in [4.78, 5) is 26.9. The van der Waals surface area contributed by atoms with Crippen molar-refractivity contribution in [1.82, 2.24) is 10.2 Å². The first-order valence-electron chi connectivity index (χ1n) is 10.6. The van der Waals surface area contributed by atoms with E-state index >= 15 is 0 Å². The van der Waals surface area contributed by atoms with Crippen molar-refractivity contribution in [3.8, 4) is 0 Å². The predicted molar refractivity (Wildman–Crippen MR) is 128 cm³/mol. The van der Waals surface area contributed by atoms with E-state index in [0.717, 1.165) is 22.9 Å². The van der Waals surface area contributed by atoms with Crippen LogP contribution in [-0.4, -0.2) is 51.0 Å². The molecule has 0 heterocycles. The maximum Gasteiger partial charge on any atom is 0.242 e. The normalized spacial score (nSPS) is 12.2. The number of likely N-dealkylation sites (N-methyl/N-ethyl adjacent to an activating group) is 1. The first-order chi connectivity index (χ1) is 15.0. The maximum atomic E-state index is 13.1. The van der Waals surface area contributed by atoms with E-state index in [1.54, 1.807) is 31.0 Å². The van der Waals surface area contributed by atoms with E-state index in [9.17, 15) is 18.0 Å². The SMILES string of the molecule is CNC(=O)C(C)N(Cc1cccc(C)c1)C(=O)CCCN(c1ccc(C)cc1)S(C)(=O)=O. The third-order valence-corrected chi connectivity index (χ3v) is 6.52. The Kier molecular flexibility index (Phi) is 8.83. The summed E-state index contributed by atoms with van der Waals surface area (Å²) < 4.78 is 25.9. The summed E-state index contributed by atoms with van der Waals surface area (Å²) in [5.74, 6) is -0.441. The van der Waals surface area contributed by atoms with Crippen molar-refractivity contribution >= 4 is 27.5 Å². The quantitative estimate of drug-likeness (QED) is 0.592. The zero-order valence-corrected chi connectivity index (χ0v) is 20.3. The zero-order chi connectivity index (χ0) is 23.9. The minimum atomic E-state index is -3.49. The van der Waals surface area contributed by atoms with Crippen LogP contribution in [0.15, 0.2) is 48.5 Å². The molecule has 2 amide bonds. The minimum Gasteiger partial charge on any atom is -0.357 e.